The summed E-state index contributed by atoms with van der Waals surface area (Å²) >= 11 is 0. The van der Waals surface area contributed by atoms with Gasteiger partial charge in [-0.3, -0.25) is 0 Å². The molecule has 0 aromatic heterocycles. The summed E-state index contributed by atoms with van der Waals surface area (Å²) in [5.41, 5.74) is 0. The third kappa shape index (κ3) is 26.9. The summed E-state index contributed by atoms with van der Waals surface area (Å²) in [6.07, 6.45) is 31.1. The largest absolute Gasteiger partial charge is 0.396 e. The molecular weight excluding hydrogens is 352 g/mol. The van der Waals surface area contributed by atoms with Crippen molar-refractivity contribution in [1.82, 2.24) is 0 Å². The first-order valence-electron chi connectivity index (χ1n) is 12.0. The van der Waals surface area contributed by atoms with Gasteiger partial charge in [0, 0.05) is 28.3 Å². The third-order valence-corrected chi connectivity index (χ3v) is 5.51. The van der Waals surface area contributed by atoms with Crippen molar-refractivity contribution in [1.29, 1.82) is 0 Å². The van der Waals surface area contributed by atoms with Crippen LogP contribution in [-0.2, 0) is 21.7 Å². The van der Waals surface area contributed by atoms with Crippen LogP contribution in [-0.4, -0.2) is 11.7 Å². The number of hydrogen-bond donors (Lipinski definition) is 1. The maximum atomic E-state index is 8.72. The van der Waals surface area contributed by atoms with Crippen LogP contribution in [0.25, 0.3) is 0 Å². The van der Waals surface area contributed by atoms with Crippen molar-refractivity contribution in [3.63, 3.8) is 0 Å². The van der Waals surface area contributed by atoms with Crippen LogP contribution in [0.15, 0.2) is 0 Å². The number of rotatable bonds is 22. The molecule has 0 amide bonds. The molecule has 26 heavy (non-hydrogen) atoms. The minimum absolute atomic E-state index is 0. The first-order valence-corrected chi connectivity index (χ1v) is 12.0. The summed E-state index contributed by atoms with van der Waals surface area (Å²) in [5, 5.41) is 8.72. The zero-order valence-electron chi connectivity index (χ0n) is 18.2. The van der Waals surface area contributed by atoms with Gasteiger partial charge in [-0.05, 0) is 6.42 Å². The van der Waals surface area contributed by atoms with Gasteiger partial charge in [-0.15, -0.1) is 0 Å². The minimum Gasteiger partial charge on any atom is -0.396 e. The van der Waals surface area contributed by atoms with Gasteiger partial charge in [-0.2, -0.15) is 0 Å². The third-order valence-electron chi connectivity index (χ3n) is 5.51. The summed E-state index contributed by atoms with van der Waals surface area (Å²) in [6.45, 7) is 2.67. The monoisotopic (exact) mass is 402 g/mol. The number of aliphatic hydroxyl groups excluding tert-OH is 1. The van der Waals surface area contributed by atoms with Crippen molar-refractivity contribution in [3.05, 3.63) is 0 Å². The molecule has 0 saturated carbocycles. The first kappa shape index (κ1) is 28.9. The molecule has 1 N–H and O–H groups in total. The predicted octanol–water partition coefficient (Wildman–Crippen LogP) is 8.58. The van der Waals surface area contributed by atoms with Crippen molar-refractivity contribution in [2.45, 2.75) is 148 Å². The molecule has 156 valence electrons. The van der Waals surface area contributed by atoms with Crippen molar-refractivity contribution in [2.24, 2.45) is 0 Å². The Morgan fingerprint density at radius 2 is 0.538 bits per heavy atom. The van der Waals surface area contributed by atoms with Crippen molar-refractivity contribution in [2.75, 3.05) is 6.61 Å². The fourth-order valence-electron chi connectivity index (χ4n) is 3.72. The van der Waals surface area contributed by atoms with E-state index in [1.165, 1.54) is 135 Å². The average Bonchev–Trinajstić information content (AvgIpc) is 2.63. The minimum atomic E-state index is 0. The van der Waals surface area contributed by atoms with Crippen molar-refractivity contribution >= 4 is 0 Å². The van der Waals surface area contributed by atoms with E-state index in [9.17, 15) is 0 Å². The number of hydrogen-bond acceptors (Lipinski definition) is 1. The zero-order chi connectivity index (χ0) is 18.3. The quantitative estimate of drug-likeness (QED) is 0.142. The smallest absolute Gasteiger partial charge is 0.0431 e. The van der Waals surface area contributed by atoms with E-state index in [2.05, 4.69) is 6.92 Å². The Hall–Kier alpha value is 0.674. The Bertz CT molecular complexity index is 198. The molecule has 0 aromatic rings. The molecule has 0 aliphatic heterocycles. The van der Waals surface area contributed by atoms with Crippen LogP contribution in [0.3, 0.4) is 0 Å². The molecule has 1 nitrogen and oxygen atoms in total. The average molecular weight is 403 g/mol. The Morgan fingerprint density at radius 1 is 0.346 bits per heavy atom. The molecule has 0 saturated heterocycles. The van der Waals surface area contributed by atoms with Crippen LogP contribution >= 0.6 is 0 Å². The molecule has 0 aromatic carbocycles. The Kier molecular flexibility index (Phi) is 31.0. The Balaban J connectivity index is 0. The van der Waals surface area contributed by atoms with Crippen LogP contribution < -0.4 is 0 Å². The van der Waals surface area contributed by atoms with Crippen LogP contribution in [0.5, 0.6) is 0 Å². The molecular formula is C24H50OTi. The van der Waals surface area contributed by atoms with E-state index in [0.29, 0.717) is 6.61 Å². The molecule has 0 unspecified atom stereocenters. The standard InChI is InChI=1S/C24H50O.Ti/c1-2-3-4-5-6-7-8-9-10-11-12-13-14-15-16-17-18-19-20-21-22-23-24-25;/h25H,2-24H2,1H3;. The van der Waals surface area contributed by atoms with E-state index in [1.54, 1.807) is 0 Å². The van der Waals surface area contributed by atoms with Gasteiger partial charge in [0.2, 0.25) is 0 Å². The predicted molar refractivity (Wildman–Crippen MR) is 114 cm³/mol. The first-order chi connectivity index (χ1) is 12.4. The fraction of sp³-hybridized carbons (Fsp3) is 1.00. The molecule has 0 rings (SSSR count). The van der Waals surface area contributed by atoms with Gasteiger partial charge < -0.3 is 5.11 Å². The molecule has 0 radical (unpaired) electrons. The van der Waals surface area contributed by atoms with Gasteiger partial charge in [0.25, 0.3) is 0 Å². The molecule has 0 bridgehead atoms. The van der Waals surface area contributed by atoms with E-state index in [-0.39, 0.29) is 21.7 Å². The molecule has 0 atom stereocenters. The van der Waals surface area contributed by atoms with Crippen molar-refractivity contribution < 1.29 is 26.8 Å². The van der Waals surface area contributed by atoms with Crippen LogP contribution in [0.2, 0.25) is 0 Å². The summed E-state index contributed by atoms with van der Waals surface area (Å²) < 4.78 is 0. The van der Waals surface area contributed by atoms with E-state index in [4.69, 9.17) is 5.11 Å². The second-order valence-corrected chi connectivity index (χ2v) is 8.15. The second-order valence-electron chi connectivity index (χ2n) is 8.15. The van der Waals surface area contributed by atoms with Gasteiger partial charge in [0.05, 0.1) is 0 Å². The van der Waals surface area contributed by atoms with Crippen LogP contribution in [0.4, 0.5) is 0 Å². The topological polar surface area (TPSA) is 20.2 Å². The van der Waals surface area contributed by atoms with Crippen LogP contribution in [0.1, 0.15) is 148 Å². The van der Waals surface area contributed by atoms with Gasteiger partial charge in [0.1, 0.15) is 0 Å². The van der Waals surface area contributed by atoms with E-state index < -0.39 is 0 Å². The molecule has 0 heterocycles. The van der Waals surface area contributed by atoms with Crippen LogP contribution in [0, 0.1) is 0 Å². The van der Waals surface area contributed by atoms with Gasteiger partial charge in [-0.1, -0.05) is 142 Å². The fourth-order valence-corrected chi connectivity index (χ4v) is 3.72. The normalized spacial score (nSPS) is 10.8. The molecule has 0 spiro atoms. The van der Waals surface area contributed by atoms with Crippen molar-refractivity contribution in [3.8, 4) is 0 Å². The summed E-state index contributed by atoms with van der Waals surface area (Å²) in [6, 6.07) is 0. The Labute approximate surface area is 181 Å². The molecule has 0 aliphatic carbocycles. The summed E-state index contributed by atoms with van der Waals surface area (Å²) in [4.78, 5) is 0. The maximum absolute atomic E-state index is 8.72. The summed E-state index contributed by atoms with van der Waals surface area (Å²) in [7, 11) is 0. The van der Waals surface area contributed by atoms with Gasteiger partial charge in [0.15, 0.2) is 0 Å². The number of unbranched alkanes of at least 4 members (excludes halogenated alkanes) is 21. The zero-order valence-corrected chi connectivity index (χ0v) is 19.8. The SMILES string of the molecule is CCCCCCCCCCCCCCCCCCCCCCCCO.[Ti]. The van der Waals surface area contributed by atoms with Gasteiger partial charge in [-0.25, -0.2) is 0 Å². The molecule has 0 aliphatic rings. The molecule has 2 heteroatoms. The van der Waals surface area contributed by atoms with E-state index in [0.717, 1.165) is 6.42 Å². The maximum Gasteiger partial charge on any atom is 0.0431 e. The van der Waals surface area contributed by atoms with Gasteiger partial charge >= 0.3 is 0 Å². The molecule has 0 fully saturated rings. The second kappa shape index (κ2) is 27.9. The van der Waals surface area contributed by atoms with E-state index >= 15 is 0 Å². The summed E-state index contributed by atoms with van der Waals surface area (Å²) in [5.74, 6) is 0. The Morgan fingerprint density at radius 3 is 0.731 bits per heavy atom. The van der Waals surface area contributed by atoms with E-state index in [1.807, 2.05) is 0 Å². The number of aliphatic hydroxyl groups is 1.